The highest BCUT2D eigenvalue weighted by Gasteiger charge is 2.40. The number of imidazole rings is 1. The van der Waals surface area contributed by atoms with Gasteiger partial charge in [-0.15, -0.1) is 0 Å². The Bertz CT molecular complexity index is 1000. The van der Waals surface area contributed by atoms with Crippen molar-refractivity contribution in [3.05, 3.63) is 72.9 Å². The van der Waals surface area contributed by atoms with Crippen LogP contribution in [0.5, 0.6) is 0 Å². The van der Waals surface area contributed by atoms with Gasteiger partial charge in [0.2, 0.25) is 0 Å². The third-order valence-corrected chi connectivity index (χ3v) is 6.53. The summed E-state index contributed by atoms with van der Waals surface area (Å²) in [5, 5.41) is 3.54. The molecule has 1 aliphatic rings. The van der Waals surface area contributed by atoms with Crippen LogP contribution in [0, 0.1) is 0 Å². The van der Waals surface area contributed by atoms with Gasteiger partial charge in [0.05, 0.1) is 12.0 Å². The van der Waals surface area contributed by atoms with Gasteiger partial charge in [-0.05, 0) is 17.7 Å². The summed E-state index contributed by atoms with van der Waals surface area (Å²) in [4.78, 5) is 8.18. The number of anilines is 1. The minimum atomic E-state index is -3.64. The Kier molecular flexibility index (Phi) is 4.67. The zero-order chi connectivity index (χ0) is 18.9. The number of sulfonamides is 1. The van der Waals surface area contributed by atoms with Gasteiger partial charge >= 0.3 is 0 Å². The highest BCUT2D eigenvalue weighted by Crippen LogP contribution is 2.32. The van der Waals surface area contributed by atoms with E-state index in [-0.39, 0.29) is 17.0 Å². The van der Waals surface area contributed by atoms with Crippen LogP contribution in [-0.4, -0.2) is 46.4 Å². The third-order valence-electron chi connectivity index (χ3n) is 4.81. The Morgan fingerprint density at radius 2 is 1.93 bits per heavy atom. The molecule has 1 N–H and O–H groups in total. The molecule has 4 rings (SSSR count). The molecule has 1 fully saturated rings. The van der Waals surface area contributed by atoms with E-state index in [1.807, 2.05) is 42.5 Å². The first-order valence-corrected chi connectivity index (χ1v) is 10.2. The first-order chi connectivity index (χ1) is 13.0. The van der Waals surface area contributed by atoms with E-state index >= 15 is 0 Å². The maximum absolute atomic E-state index is 13.0. The number of nitrogens with zero attached hydrogens (tertiary/aromatic N) is 4. The molecule has 0 amide bonds. The Morgan fingerprint density at radius 1 is 1.11 bits per heavy atom. The molecule has 3 aromatic rings. The molecule has 0 aliphatic carbocycles. The maximum Gasteiger partial charge on any atom is 0.262 e. The van der Waals surface area contributed by atoms with Crippen molar-refractivity contribution in [2.75, 3.05) is 18.4 Å². The van der Waals surface area contributed by atoms with E-state index in [2.05, 4.69) is 15.3 Å². The molecule has 7 nitrogen and oxygen atoms in total. The standard InChI is InChI=1S/C19H21N5O2S/c1-23-13-19(21-14-23)27(25,26)24-11-17(15-6-3-2-4-7-15)18(12-24)22-16-8-5-9-20-10-16/h2-10,13-14,17-18,22H,11-12H2,1H3/t17-,18+/m1/s1. The van der Waals surface area contributed by atoms with Crippen molar-refractivity contribution in [3.63, 3.8) is 0 Å². The van der Waals surface area contributed by atoms with Crippen molar-refractivity contribution >= 4 is 15.7 Å². The maximum atomic E-state index is 13.0. The van der Waals surface area contributed by atoms with Crippen LogP contribution >= 0.6 is 0 Å². The Hall–Kier alpha value is -2.71. The quantitative estimate of drug-likeness (QED) is 0.730. The normalized spacial score (nSPS) is 20.6. The summed E-state index contributed by atoms with van der Waals surface area (Å²) < 4.78 is 29.2. The van der Waals surface area contributed by atoms with E-state index in [1.165, 1.54) is 16.8 Å². The number of aromatic nitrogens is 3. The number of nitrogens with one attached hydrogen (secondary N) is 1. The first kappa shape index (κ1) is 17.7. The van der Waals surface area contributed by atoms with Crippen molar-refractivity contribution in [2.24, 2.45) is 7.05 Å². The molecule has 0 bridgehead atoms. The second-order valence-electron chi connectivity index (χ2n) is 6.71. The Labute approximate surface area is 158 Å². The van der Waals surface area contributed by atoms with Crippen LogP contribution in [0.3, 0.4) is 0 Å². The predicted molar refractivity (Wildman–Crippen MR) is 103 cm³/mol. The summed E-state index contributed by atoms with van der Waals surface area (Å²) in [6.45, 7) is 0.772. The lowest BCUT2D eigenvalue weighted by molar-refractivity contribution is 0.468. The van der Waals surface area contributed by atoms with E-state index in [0.29, 0.717) is 13.1 Å². The van der Waals surface area contributed by atoms with Gasteiger partial charge in [-0.2, -0.15) is 4.31 Å². The van der Waals surface area contributed by atoms with E-state index in [9.17, 15) is 8.42 Å². The van der Waals surface area contributed by atoms with Gasteiger partial charge in [0.1, 0.15) is 0 Å². The van der Waals surface area contributed by atoms with Crippen LogP contribution in [0.1, 0.15) is 11.5 Å². The number of aryl methyl sites for hydroxylation is 1. The van der Waals surface area contributed by atoms with Crippen molar-refractivity contribution < 1.29 is 8.42 Å². The molecule has 0 saturated carbocycles. The van der Waals surface area contributed by atoms with Gasteiger partial charge in [-0.3, -0.25) is 4.98 Å². The average Bonchev–Trinajstić information content (AvgIpc) is 3.31. The van der Waals surface area contributed by atoms with E-state index in [1.54, 1.807) is 24.0 Å². The van der Waals surface area contributed by atoms with Gasteiger partial charge < -0.3 is 9.88 Å². The predicted octanol–water partition coefficient (Wildman–Crippen LogP) is 2.08. The van der Waals surface area contributed by atoms with E-state index < -0.39 is 10.0 Å². The fourth-order valence-electron chi connectivity index (χ4n) is 3.46. The van der Waals surface area contributed by atoms with Gasteiger partial charge in [-0.1, -0.05) is 30.3 Å². The smallest absolute Gasteiger partial charge is 0.262 e. The molecule has 1 saturated heterocycles. The minimum absolute atomic E-state index is 0.0323. The molecule has 8 heteroatoms. The third kappa shape index (κ3) is 3.58. The number of pyridine rings is 1. The zero-order valence-corrected chi connectivity index (χ0v) is 15.7. The lowest BCUT2D eigenvalue weighted by atomic mass is 9.94. The topological polar surface area (TPSA) is 80.1 Å². The van der Waals surface area contributed by atoms with Gasteiger partial charge in [0.25, 0.3) is 10.0 Å². The molecule has 0 spiro atoms. The average molecular weight is 383 g/mol. The molecule has 2 atom stereocenters. The number of benzene rings is 1. The van der Waals surface area contributed by atoms with Crippen LogP contribution in [0.2, 0.25) is 0 Å². The van der Waals surface area contributed by atoms with E-state index in [4.69, 9.17) is 0 Å². The summed E-state index contributed by atoms with van der Waals surface area (Å²) in [6, 6.07) is 13.7. The van der Waals surface area contributed by atoms with Crippen LogP contribution < -0.4 is 5.32 Å². The fourth-order valence-corrected chi connectivity index (χ4v) is 4.92. The minimum Gasteiger partial charge on any atom is -0.379 e. The fraction of sp³-hybridized carbons (Fsp3) is 0.263. The molecule has 2 aromatic heterocycles. The van der Waals surface area contributed by atoms with Gasteiger partial charge in [0, 0.05) is 50.7 Å². The first-order valence-electron chi connectivity index (χ1n) is 8.73. The SMILES string of the molecule is Cn1cnc(S(=O)(=O)N2C[C@H](Nc3cccnc3)[C@@H](c3ccccc3)C2)c1. The highest BCUT2D eigenvalue weighted by molar-refractivity contribution is 7.89. The zero-order valence-electron chi connectivity index (χ0n) is 14.9. The lowest BCUT2D eigenvalue weighted by Crippen LogP contribution is -2.32. The van der Waals surface area contributed by atoms with Crippen molar-refractivity contribution in [3.8, 4) is 0 Å². The number of hydrogen-bond acceptors (Lipinski definition) is 5. The van der Waals surface area contributed by atoms with Gasteiger partial charge in [-0.25, -0.2) is 13.4 Å². The molecular weight excluding hydrogens is 362 g/mol. The summed E-state index contributed by atoms with van der Waals surface area (Å²) in [7, 11) is -1.88. The van der Waals surface area contributed by atoms with Crippen LogP contribution in [0.4, 0.5) is 5.69 Å². The summed E-state index contributed by atoms with van der Waals surface area (Å²) in [5.74, 6) is 0.0323. The molecule has 1 aromatic carbocycles. The van der Waals surface area contributed by atoms with Crippen molar-refractivity contribution in [1.82, 2.24) is 18.8 Å². The monoisotopic (exact) mass is 383 g/mol. The summed E-state index contributed by atoms with van der Waals surface area (Å²) in [6.07, 6.45) is 6.50. The molecule has 0 unspecified atom stereocenters. The van der Waals surface area contributed by atoms with Crippen molar-refractivity contribution in [1.29, 1.82) is 0 Å². The van der Waals surface area contributed by atoms with E-state index in [0.717, 1.165) is 11.3 Å². The second-order valence-corrected chi connectivity index (χ2v) is 8.59. The summed E-state index contributed by atoms with van der Waals surface area (Å²) >= 11 is 0. The van der Waals surface area contributed by atoms with Gasteiger partial charge in [0.15, 0.2) is 5.03 Å². The van der Waals surface area contributed by atoms with Crippen LogP contribution in [0.25, 0.3) is 0 Å². The molecular formula is C19H21N5O2S. The second kappa shape index (κ2) is 7.13. The van der Waals surface area contributed by atoms with Crippen LogP contribution in [0.15, 0.2) is 72.4 Å². The lowest BCUT2D eigenvalue weighted by Gasteiger charge is -2.21. The summed E-state index contributed by atoms with van der Waals surface area (Å²) in [5.41, 5.74) is 1.98. The Balaban J connectivity index is 1.64. The largest absolute Gasteiger partial charge is 0.379 e. The van der Waals surface area contributed by atoms with Crippen LogP contribution in [-0.2, 0) is 17.1 Å². The molecule has 140 valence electrons. The molecule has 3 heterocycles. The molecule has 27 heavy (non-hydrogen) atoms. The Morgan fingerprint density at radius 3 is 2.59 bits per heavy atom. The molecule has 1 aliphatic heterocycles. The highest BCUT2D eigenvalue weighted by atomic mass is 32.2. The van der Waals surface area contributed by atoms with Crippen molar-refractivity contribution in [2.45, 2.75) is 17.0 Å². The number of hydrogen-bond donors (Lipinski definition) is 1. The number of rotatable bonds is 5. The molecule has 0 radical (unpaired) electrons.